The molecule has 16 heavy (non-hydrogen) atoms. The Kier molecular flexibility index (Phi) is 1.94. The van der Waals surface area contributed by atoms with Gasteiger partial charge in [-0.1, -0.05) is 0 Å². The van der Waals surface area contributed by atoms with Crippen LogP contribution < -0.4 is 0 Å². The van der Waals surface area contributed by atoms with Gasteiger partial charge in [-0.15, -0.1) is 0 Å². The van der Waals surface area contributed by atoms with Gasteiger partial charge in [-0.25, -0.2) is 0 Å². The van der Waals surface area contributed by atoms with Gasteiger partial charge in [-0.05, 0) is 67.8 Å². The first-order valence-corrected chi connectivity index (χ1v) is 6.87. The van der Waals surface area contributed by atoms with E-state index in [2.05, 4.69) is 6.08 Å². The van der Waals surface area contributed by atoms with E-state index in [-0.39, 0.29) is 6.10 Å². The lowest BCUT2D eigenvalue weighted by atomic mass is 9.97. The molecule has 88 valence electrons. The Hall–Kier alpha value is -0.500. The lowest BCUT2D eigenvalue weighted by Crippen LogP contribution is -2.22. The van der Waals surface area contributed by atoms with Crippen molar-refractivity contribution >= 4 is 0 Å². The molecule has 4 aliphatic rings. The predicted octanol–water partition coefficient (Wildman–Crippen LogP) is 2.33. The lowest BCUT2D eigenvalue weighted by molar-refractivity contribution is 0.0680. The number of aliphatic hydroxyl groups is 1. The molecular weight excluding hydrogens is 200 g/mol. The zero-order valence-electron chi connectivity index (χ0n) is 9.64. The summed E-state index contributed by atoms with van der Waals surface area (Å²) >= 11 is 0. The third kappa shape index (κ3) is 1.17. The normalized spacial score (nSPS) is 50.6. The fraction of sp³-hybridized carbons (Fsp3) is 0.857. The van der Waals surface area contributed by atoms with Gasteiger partial charge in [0.15, 0.2) is 0 Å². The van der Waals surface area contributed by atoms with Crippen molar-refractivity contribution < 1.29 is 9.84 Å². The molecule has 2 heteroatoms. The minimum atomic E-state index is -0.279. The largest absolute Gasteiger partial charge is 0.495 e. The zero-order chi connectivity index (χ0) is 10.7. The van der Waals surface area contributed by atoms with Crippen molar-refractivity contribution in [1.82, 2.24) is 0 Å². The molecule has 2 bridgehead atoms. The van der Waals surface area contributed by atoms with Gasteiger partial charge in [-0.3, -0.25) is 0 Å². The van der Waals surface area contributed by atoms with Gasteiger partial charge in [-0.2, -0.15) is 0 Å². The standard InChI is InChI=1S/C14H20O2/c15-14(10-3-1-2-6-16-10)13-11-8-4-5-9(7-8)12(11)13/h3,8-9,11-15H,1-2,4-7H2. The molecule has 3 saturated carbocycles. The number of rotatable bonds is 2. The molecule has 3 fully saturated rings. The topological polar surface area (TPSA) is 29.5 Å². The highest BCUT2D eigenvalue weighted by molar-refractivity contribution is 5.20. The van der Waals surface area contributed by atoms with Gasteiger partial charge < -0.3 is 9.84 Å². The van der Waals surface area contributed by atoms with Gasteiger partial charge in [0.2, 0.25) is 0 Å². The number of hydrogen-bond acceptors (Lipinski definition) is 2. The molecule has 1 heterocycles. The minimum Gasteiger partial charge on any atom is -0.495 e. The van der Waals surface area contributed by atoms with Crippen LogP contribution in [0.5, 0.6) is 0 Å². The highest BCUT2D eigenvalue weighted by atomic mass is 16.5. The molecule has 0 saturated heterocycles. The lowest BCUT2D eigenvalue weighted by Gasteiger charge is -2.21. The van der Waals surface area contributed by atoms with Crippen molar-refractivity contribution in [2.75, 3.05) is 6.61 Å². The maximum absolute atomic E-state index is 10.4. The second kappa shape index (κ2) is 3.25. The molecule has 0 aromatic carbocycles. The van der Waals surface area contributed by atoms with E-state index >= 15 is 0 Å². The molecule has 1 aliphatic heterocycles. The molecule has 4 rings (SSSR count). The van der Waals surface area contributed by atoms with E-state index in [0.29, 0.717) is 5.92 Å². The van der Waals surface area contributed by atoms with Crippen molar-refractivity contribution in [2.24, 2.45) is 29.6 Å². The Balaban J connectivity index is 1.50. The van der Waals surface area contributed by atoms with Crippen LogP contribution in [0.25, 0.3) is 0 Å². The highest BCUT2D eigenvalue weighted by Crippen LogP contribution is 2.70. The first-order valence-electron chi connectivity index (χ1n) is 6.87. The van der Waals surface area contributed by atoms with Crippen LogP contribution >= 0.6 is 0 Å². The Morgan fingerprint density at radius 1 is 1.25 bits per heavy atom. The average molecular weight is 220 g/mol. The molecule has 0 radical (unpaired) electrons. The molecule has 1 N–H and O–H groups in total. The van der Waals surface area contributed by atoms with E-state index in [1.807, 2.05) is 0 Å². The third-order valence-corrected chi connectivity index (χ3v) is 5.41. The Labute approximate surface area is 96.7 Å². The zero-order valence-corrected chi connectivity index (χ0v) is 9.64. The van der Waals surface area contributed by atoms with Gasteiger partial charge in [0, 0.05) is 0 Å². The Morgan fingerprint density at radius 2 is 2.00 bits per heavy atom. The molecule has 0 aromatic rings. The maximum atomic E-state index is 10.4. The number of fused-ring (bicyclic) bond motifs is 5. The van der Waals surface area contributed by atoms with Crippen molar-refractivity contribution in [3.05, 3.63) is 11.8 Å². The second-order valence-electron chi connectivity index (χ2n) is 6.11. The number of aliphatic hydroxyl groups excluding tert-OH is 1. The average Bonchev–Trinajstić information content (AvgIpc) is 2.77. The molecule has 0 spiro atoms. The third-order valence-electron chi connectivity index (χ3n) is 5.41. The van der Waals surface area contributed by atoms with Crippen LogP contribution in [0.1, 0.15) is 32.1 Å². The number of allylic oxidation sites excluding steroid dienone is 1. The Morgan fingerprint density at radius 3 is 2.62 bits per heavy atom. The predicted molar refractivity (Wildman–Crippen MR) is 60.6 cm³/mol. The highest BCUT2D eigenvalue weighted by Gasteiger charge is 2.67. The van der Waals surface area contributed by atoms with Gasteiger partial charge in [0.05, 0.1) is 6.61 Å². The van der Waals surface area contributed by atoms with Gasteiger partial charge >= 0.3 is 0 Å². The monoisotopic (exact) mass is 220 g/mol. The van der Waals surface area contributed by atoms with Crippen LogP contribution in [-0.4, -0.2) is 17.8 Å². The molecule has 3 aliphatic carbocycles. The molecule has 2 nitrogen and oxygen atoms in total. The summed E-state index contributed by atoms with van der Waals surface area (Å²) in [4.78, 5) is 0. The fourth-order valence-electron chi connectivity index (χ4n) is 4.79. The van der Waals surface area contributed by atoms with Crippen LogP contribution in [0.2, 0.25) is 0 Å². The number of hydrogen-bond donors (Lipinski definition) is 1. The summed E-state index contributed by atoms with van der Waals surface area (Å²) in [5, 5.41) is 10.4. The molecule has 5 unspecified atom stereocenters. The summed E-state index contributed by atoms with van der Waals surface area (Å²) in [6.07, 6.45) is 8.34. The van der Waals surface area contributed by atoms with Crippen LogP contribution in [-0.2, 0) is 4.74 Å². The number of ether oxygens (including phenoxy) is 1. The minimum absolute atomic E-state index is 0.279. The van der Waals surface area contributed by atoms with Crippen molar-refractivity contribution in [2.45, 2.75) is 38.2 Å². The van der Waals surface area contributed by atoms with E-state index in [1.165, 1.54) is 19.3 Å². The van der Waals surface area contributed by atoms with E-state index in [0.717, 1.165) is 48.9 Å². The maximum Gasteiger partial charge on any atom is 0.121 e. The summed E-state index contributed by atoms with van der Waals surface area (Å²) < 4.78 is 5.61. The second-order valence-corrected chi connectivity index (χ2v) is 6.11. The Bertz CT molecular complexity index is 320. The summed E-state index contributed by atoms with van der Waals surface area (Å²) in [7, 11) is 0. The van der Waals surface area contributed by atoms with E-state index in [4.69, 9.17) is 4.74 Å². The summed E-state index contributed by atoms with van der Waals surface area (Å²) in [5.41, 5.74) is 0. The molecule has 0 aromatic heterocycles. The van der Waals surface area contributed by atoms with Gasteiger partial charge in [0.25, 0.3) is 0 Å². The smallest absolute Gasteiger partial charge is 0.121 e. The first-order chi connectivity index (χ1) is 7.86. The summed E-state index contributed by atoms with van der Waals surface area (Å²) in [6, 6.07) is 0. The molecule has 0 amide bonds. The summed E-state index contributed by atoms with van der Waals surface area (Å²) in [6.45, 7) is 0.803. The van der Waals surface area contributed by atoms with E-state index in [9.17, 15) is 5.11 Å². The molecular formula is C14H20O2. The van der Waals surface area contributed by atoms with Crippen LogP contribution in [0.3, 0.4) is 0 Å². The quantitative estimate of drug-likeness (QED) is 0.774. The van der Waals surface area contributed by atoms with E-state index < -0.39 is 0 Å². The first kappa shape index (κ1) is 9.52. The van der Waals surface area contributed by atoms with Crippen LogP contribution in [0.4, 0.5) is 0 Å². The van der Waals surface area contributed by atoms with Crippen LogP contribution in [0.15, 0.2) is 11.8 Å². The SMILES string of the molecule is OC(C1=CCCCO1)C1C2C3CCC(C3)C21. The molecule has 5 atom stereocenters. The van der Waals surface area contributed by atoms with Crippen LogP contribution in [0, 0.1) is 29.6 Å². The van der Waals surface area contributed by atoms with Crippen molar-refractivity contribution in [3.8, 4) is 0 Å². The summed E-state index contributed by atoms with van der Waals surface area (Å²) in [5.74, 6) is 5.03. The van der Waals surface area contributed by atoms with Gasteiger partial charge in [0.1, 0.15) is 11.9 Å². The fourth-order valence-corrected chi connectivity index (χ4v) is 4.79. The van der Waals surface area contributed by atoms with E-state index in [1.54, 1.807) is 0 Å². The van der Waals surface area contributed by atoms with Crippen molar-refractivity contribution in [1.29, 1.82) is 0 Å². The van der Waals surface area contributed by atoms with Crippen molar-refractivity contribution in [3.63, 3.8) is 0 Å².